The van der Waals surface area contributed by atoms with E-state index in [-0.39, 0.29) is 5.82 Å². The zero-order valence-corrected chi connectivity index (χ0v) is 23.0. The maximum atomic E-state index is 11.8. The first-order valence-corrected chi connectivity index (χ1v) is 14.3. The molecule has 0 unspecified atom stereocenters. The van der Waals surface area contributed by atoms with E-state index in [2.05, 4.69) is 40.4 Å². The summed E-state index contributed by atoms with van der Waals surface area (Å²) in [6.07, 6.45) is 8.53. The Morgan fingerprint density at radius 3 is 2.47 bits per heavy atom. The van der Waals surface area contributed by atoms with Crippen molar-refractivity contribution < 1.29 is 4.52 Å². The molecule has 1 aliphatic carbocycles. The first-order valence-electron chi connectivity index (χ1n) is 13.9. The Bertz CT molecular complexity index is 1490. The standard InChI is InChI=1S/C29H35ClN6O2/c1-17-10-12-20(13-11-17)16-35-26-23(32-28(35)36-18(2)6-4-7-19(36)3)15-24(27-33-29(37)38-34-27)31-25(26)21-8-5-9-22(30)14-21/h5,8-9,14-15,17-20H,4,6-7,10-13,16H2,1-3H3,(H,33,34,37)/t17?,18-,19-,20?/m1/s1. The van der Waals surface area contributed by atoms with Crippen molar-refractivity contribution in [3.63, 3.8) is 0 Å². The van der Waals surface area contributed by atoms with Gasteiger partial charge in [-0.2, -0.15) is 0 Å². The van der Waals surface area contributed by atoms with Gasteiger partial charge in [-0.1, -0.05) is 48.7 Å². The fourth-order valence-electron chi connectivity index (χ4n) is 6.40. The summed E-state index contributed by atoms with van der Waals surface area (Å²) in [6, 6.07) is 10.5. The molecule has 1 aliphatic heterocycles. The van der Waals surface area contributed by atoms with Gasteiger partial charge in [0.15, 0.2) is 0 Å². The number of imidazole rings is 1. The predicted molar refractivity (Wildman–Crippen MR) is 150 cm³/mol. The summed E-state index contributed by atoms with van der Waals surface area (Å²) in [5.74, 6) is 2.08. The number of piperidine rings is 1. The number of hydrogen-bond acceptors (Lipinski definition) is 6. The Kier molecular flexibility index (Phi) is 6.76. The molecule has 200 valence electrons. The summed E-state index contributed by atoms with van der Waals surface area (Å²) in [6.45, 7) is 7.89. The van der Waals surface area contributed by atoms with Gasteiger partial charge in [0.1, 0.15) is 5.69 Å². The monoisotopic (exact) mass is 534 g/mol. The average molecular weight is 535 g/mol. The molecule has 0 bridgehead atoms. The molecule has 0 radical (unpaired) electrons. The highest BCUT2D eigenvalue weighted by Crippen LogP contribution is 2.39. The van der Waals surface area contributed by atoms with Gasteiger partial charge in [-0.15, -0.1) is 0 Å². The van der Waals surface area contributed by atoms with Gasteiger partial charge in [-0.05, 0) is 76.0 Å². The number of nitrogens with zero attached hydrogens (tertiary/aromatic N) is 5. The van der Waals surface area contributed by atoms with Gasteiger partial charge in [0.25, 0.3) is 0 Å². The highest BCUT2D eigenvalue weighted by molar-refractivity contribution is 6.30. The van der Waals surface area contributed by atoms with Crippen LogP contribution in [-0.4, -0.2) is 36.8 Å². The van der Waals surface area contributed by atoms with Crippen LogP contribution in [-0.2, 0) is 6.54 Å². The number of benzene rings is 1. The van der Waals surface area contributed by atoms with E-state index in [1.54, 1.807) is 0 Å². The van der Waals surface area contributed by atoms with Gasteiger partial charge in [0.2, 0.25) is 11.8 Å². The first-order chi connectivity index (χ1) is 18.4. The first kappa shape index (κ1) is 25.2. The Labute approximate surface area is 227 Å². The Hall–Kier alpha value is -3.13. The van der Waals surface area contributed by atoms with Crippen molar-refractivity contribution in [2.24, 2.45) is 11.8 Å². The summed E-state index contributed by atoms with van der Waals surface area (Å²) in [5.41, 5.74) is 4.03. The quantitative estimate of drug-likeness (QED) is 0.306. The minimum absolute atomic E-state index is 0.289. The number of halogens is 1. The fraction of sp³-hybridized carbons (Fsp3) is 0.517. The van der Waals surface area contributed by atoms with E-state index in [4.69, 9.17) is 26.1 Å². The van der Waals surface area contributed by atoms with Crippen molar-refractivity contribution in [1.82, 2.24) is 24.7 Å². The van der Waals surface area contributed by atoms with Crippen LogP contribution in [0, 0.1) is 11.8 Å². The number of aromatic amines is 1. The third kappa shape index (κ3) is 4.75. The van der Waals surface area contributed by atoms with E-state index in [1.807, 2.05) is 30.3 Å². The van der Waals surface area contributed by atoms with Gasteiger partial charge in [-0.25, -0.2) is 14.8 Å². The van der Waals surface area contributed by atoms with Gasteiger partial charge in [0, 0.05) is 29.2 Å². The molecule has 4 aromatic rings. The van der Waals surface area contributed by atoms with Crippen LogP contribution >= 0.6 is 11.6 Å². The number of fused-ring (bicyclic) bond motifs is 1. The summed E-state index contributed by atoms with van der Waals surface area (Å²) < 4.78 is 7.22. The Morgan fingerprint density at radius 1 is 1.03 bits per heavy atom. The van der Waals surface area contributed by atoms with E-state index in [9.17, 15) is 4.79 Å². The van der Waals surface area contributed by atoms with Crippen LogP contribution in [0.2, 0.25) is 5.02 Å². The number of hydrogen-bond donors (Lipinski definition) is 1. The molecule has 0 spiro atoms. The summed E-state index contributed by atoms with van der Waals surface area (Å²) >= 11 is 6.45. The lowest BCUT2D eigenvalue weighted by atomic mass is 9.83. The molecule has 1 saturated carbocycles. The maximum absolute atomic E-state index is 11.8. The summed E-state index contributed by atoms with van der Waals surface area (Å²) in [7, 11) is 0. The predicted octanol–water partition coefficient (Wildman–Crippen LogP) is 6.69. The number of rotatable bonds is 5. The van der Waals surface area contributed by atoms with E-state index in [1.165, 1.54) is 32.1 Å². The van der Waals surface area contributed by atoms with Gasteiger partial charge in [-0.3, -0.25) is 9.51 Å². The van der Waals surface area contributed by atoms with Gasteiger partial charge >= 0.3 is 5.76 Å². The van der Waals surface area contributed by atoms with Crippen molar-refractivity contribution in [3.8, 4) is 22.8 Å². The maximum Gasteiger partial charge on any atom is 0.439 e. The number of pyridine rings is 1. The minimum Gasteiger partial charge on any atom is -0.337 e. The van der Waals surface area contributed by atoms with Gasteiger partial charge in [0.05, 0.1) is 16.7 Å². The van der Waals surface area contributed by atoms with E-state index in [0.29, 0.717) is 28.7 Å². The number of anilines is 1. The van der Waals surface area contributed by atoms with E-state index in [0.717, 1.165) is 53.5 Å². The van der Waals surface area contributed by atoms with E-state index < -0.39 is 5.76 Å². The fourth-order valence-corrected chi connectivity index (χ4v) is 6.59. The summed E-state index contributed by atoms with van der Waals surface area (Å²) in [4.78, 5) is 27.2. The lowest BCUT2D eigenvalue weighted by molar-refractivity contribution is 0.265. The lowest BCUT2D eigenvalue weighted by Crippen LogP contribution is -2.45. The normalized spacial score (nSPS) is 24.3. The second-order valence-electron chi connectivity index (χ2n) is 11.4. The molecule has 1 N–H and O–H groups in total. The summed E-state index contributed by atoms with van der Waals surface area (Å²) in [5, 5.41) is 4.55. The largest absolute Gasteiger partial charge is 0.439 e. The molecule has 2 atom stereocenters. The van der Waals surface area contributed by atoms with Crippen LogP contribution in [0.3, 0.4) is 0 Å². The molecule has 1 saturated heterocycles. The van der Waals surface area contributed by atoms with Crippen LogP contribution in [0.5, 0.6) is 0 Å². The SMILES string of the molecule is CC1CCC(Cn2c(N3[C@H](C)CCC[C@H]3C)nc3cc(-c4noc(=O)[nH]4)nc(-c4cccc(Cl)c4)c32)CC1. The molecule has 8 nitrogen and oxygen atoms in total. The zero-order valence-electron chi connectivity index (χ0n) is 22.3. The topological polar surface area (TPSA) is 92.8 Å². The lowest BCUT2D eigenvalue weighted by Gasteiger charge is -2.40. The van der Waals surface area contributed by atoms with Crippen molar-refractivity contribution in [3.05, 3.63) is 45.9 Å². The molecule has 6 rings (SSSR count). The molecular weight excluding hydrogens is 500 g/mol. The highest BCUT2D eigenvalue weighted by Gasteiger charge is 2.32. The molecular formula is C29H35ClN6O2. The number of aromatic nitrogens is 5. The van der Waals surface area contributed by atoms with Crippen LogP contribution < -0.4 is 10.7 Å². The van der Waals surface area contributed by atoms with Crippen LogP contribution in [0.1, 0.15) is 65.7 Å². The van der Waals surface area contributed by atoms with Crippen molar-refractivity contribution in [2.45, 2.75) is 84.3 Å². The molecule has 2 fully saturated rings. The van der Waals surface area contributed by atoms with Crippen LogP contribution in [0.25, 0.3) is 33.8 Å². The molecule has 4 heterocycles. The third-order valence-corrected chi connectivity index (χ3v) is 8.72. The van der Waals surface area contributed by atoms with Crippen LogP contribution in [0.15, 0.2) is 39.6 Å². The molecule has 3 aromatic heterocycles. The van der Waals surface area contributed by atoms with Crippen molar-refractivity contribution in [2.75, 3.05) is 4.90 Å². The molecule has 2 aliphatic rings. The molecule has 9 heteroatoms. The Morgan fingerprint density at radius 2 is 1.79 bits per heavy atom. The zero-order chi connectivity index (χ0) is 26.4. The molecule has 0 amide bonds. The third-order valence-electron chi connectivity index (χ3n) is 8.49. The van der Waals surface area contributed by atoms with Crippen molar-refractivity contribution in [1.29, 1.82) is 0 Å². The second-order valence-corrected chi connectivity index (χ2v) is 11.8. The second kappa shape index (κ2) is 10.2. The van der Waals surface area contributed by atoms with Gasteiger partial charge < -0.3 is 9.47 Å². The molecule has 1 aromatic carbocycles. The van der Waals surface area contributed by atoms with Crippen LogP contribution in [0.4, 0.5) is 5.95 Å². The molecule has 38 heavy (non-hydrogen) atoms. The number of nitrogens with one attached hydrogen (secondary N) is 1. The highest BCUT2D eigenvalue weighted by atomic mass is 35.5. The average Bonchev–Trinajstić information content (AvgIpc) is 3.48. The smallest absolute Gasteiger partial charge is 0.337 e. The Balaban J connectivity index is 1.59. The van der Waals surface area contributed by atoms with E-state index >= 15 is 0 Å². The minimum atomic E-state index is -0.611. The number of H-pyrrole nitrogens is 1. The van der Waals surface area contributed by atoms with Crippen molar-refractivity contribution >= 4 is 28.6 Å².